The zero-order valence-corrected chi connectivity index (χ0v) is 12.9. The van der Waals surface area contributed by atoms with E-state index in [0.717, 1.165) is 19.1 Å². The quantitative estimate of drug-likeness (QED) is 0.854. The van der Waals surface area contributed by atoms with Crippen molar-refractivity contribution in [1.82, 2.24) is 4.90 Å². The van der Waals surface area contributed by atoms with Crippen LogP contribution in [0, 0.1) is 5.41 Å². The molecular formula is C15H26N2S. The van der Waals surface area contributed by atoms with E-state index in [9.17, 15) is 0 Å². The van der Waals surface area contributed by atoms with E-state index in [-0.39, 0.29) is 11.0 Å². The topological polar surface area (TPSA) is 29.3 Å². The van der Waals surface area contributed by atoms with Crippen LogP contribution in [0.4, 0.5) is 0 Å². The molecule has 0 radical (unpaired) electrons. The van der Waals surface area contributed by atoms with Gasteiger partial charge in [0.25, 0.3) is 0 Å². The third-order valence-electron chi connectivity index (χ3n) is 4.34. The second-order valence-electron chi connectivity index (χ2n) is 6.82. The fourth-order valence-corrected chi connectivity index (χ4v) is 2.80. The predicted octanol–water partition coefficient (Wildman–Crippen LogP) is 3.48. The Balaban J connectivity index is 2.03. The highest BCUT2D eigenvalue weighted by atomic mass is 32.1. The third kappa shape index (κ3) is 3.34. The number of thiophene rings is 1. The lowest BCUT2D eigenvalue weighted by molar-refractivity contribution is 0.104. The highest BCUT2D eigenvalue weighted by molar-refractivity contribution is 7.09. The molecule has 2 nitrogen and oxygen atoms in total. The summed E-state index contributed by atoms with van der Waals surface area (Å²) < 4.78 is 0. The van der Waals surface area contributed by atoms with Crippen molar-refractivity contribution < 1.29 is 0 Å². The predicted molar refractivity (Wildman–Crippen MR) is 79.8 cm³/mol. The molecule has 2 rings (SSSR count). The Morgan fingerprint density at radius 2 is 2.00 bits per heavy atom. The van der Waals surface area contributed by atoms with Gasteiger partial charge in [0.2, 0.25) is 0 Å². The number of hydrogen-bond acceptors (Lipinski definition) is 3. The zero-order valence-electron chi connectivity index (χ0n) is 12.1. The van der Waals surface area contributed by atoms with Gasteiger partial charge in [-0.15, -0.1) is 11.3 Å². The molecule has 102 valence electrons. The Morgan fingerprint density at radius 3 is 2.44 bits per heavy atom. The summed E-state index contributed by atoms with van der Waals surface area (Å²) in [4.78, 5) is 4.09. The fraction of sp³-hybridized carbons (Fsp3) is 0.733. The maximum atomic E-state index is 6.33. The molecule has 0 atom stereocenters. The largest absolute Gasteiger partial charge is 0.325 e. The van der Waals surface area contributed by atoms with Crippen molar-refractivity contribution in [2.24, 2.45) is 11.1 Å². The molecular weight excluding hydrogens is 240 g/mol. The summed E-state index contributed by atoms with van der Waals surface area (Å²) >= 11 is 1.86. The molecule has 1 aromatic heterocycles. The molecule has 0 aromatic carbocycles. The van der Waals surface area contributed by atoms with Gasteiger partial charge in [-0.3, -0.25) is 4.90 Å². The van der Waals surface area contributed by atoms with Gasteiger partial charge in [-0.05, 0) is 43.6 Å². The minimum atomic E-state index is -0.143. The number of rotatable bonds is 6. The van der Waals surface area contributed by atoms with Crippen LogP contribution >= 0.6 is 11.3 Å². The molecule has 0 amide bonds. The normalized spacial score (nSPS) is 17.4. The summed E-state index contributed by atoms with van der Waals surface area (Å²) in [6.07, 6.45) is 2.71. The SMILES string of the molecule is CC(C)(N)C(C)(C)CN(Cc1cccs1)C1CC1. The Kier molecular flexibility index (Phi) is 3.86. The van der Waals surface area contributed by atoms with Crippen LogP contribution in [0.15, 0.2) is 17.5 Å². The van der Waals surface area contributed by atoms with E-state index < -0.39 is 0 Å². The molecule has 18 heavy (non-hydrogen) atoms. The van der Waals surface area contributed by atoms with Gasteiger partial charge in [-0.25, -0.2) is 0 Å². The van der Waals surface area contributed by atoms with Crippen LogP contribution in [0.3, 0.4) is 0 Å². The van der Waals surface area contributed by atoms with Gasteiger partial charge in [0.1, 0.15) is 0 Å². The van der Waals surface area contributed by atoms with Crippen LogP contribution in [-0.4, -0.2) is 23.0 Å². The number of nitrogens with two attached hydrogens (primary N) is 1. The van der Waals surface area contributed by atoms with Crippen molar-refractivity contribution in [3.05, 3.63) is 22.4 Å². The summed E-state index contributed by atoms with van der Waals surface area (Å²) in [5.41, 5.74) is 6.32. The van der Waals surface area contributed by atoms with Gasteiger partial charge < -0.3 is 5.73 Å². The lowest BCUT2D eigenvalue weighted by atomic mass is 9.75. The van der Waals surface area contributed by atoms with Crippen molar-refractivity contribution in [1.29, 1.82) is 0 Å². The van der Waals surface area contributed by atoms with Crippen LogP contribution in [0.2, 0.25) is 0 Å². The third-order valence-corrected chi connectivity index (χ3v) is 5.21. The van der Waals surface area contributed by atoms with Crippen molar-refractivity contribution in [2.75, 3.05) is 6.54 Å². The van der Waals surface area contributed by atoms with E-state index in [1.807, 2.05) is 11.3 Å². The monoisotopic (exact) mass is 266 g/mol. The molecule has 0 spiro atoms. The molecule has 1 aromatic rings. The second-order valence-corrected chi connectivity index (χ2v) is 7.85. The summed E-state index contributed by atoms with van der Waals surface area (Å²) in [5, 5.41) is 2.17. The summed E-state index contributed by atoms with van der Waals surface area (Å²) in [7, 11) is 0. The van der Waals surface area contributed by atoms with Crippen LogP contribution in [0.5, 0.6) is 0 Å². The van der Waals surface area contributed by atoms with Crippen molar-refractivity contribution in [3.63, 3.8) is 0 Å². The number of nitrogens with zero attached hydrogens (tertiary/aromatic N) is 1. The van der Waals surface area contributed by atoms with Crippen LogP contribution in [-0.2, 0) is 6.54 Å². The van der Waals surface area contributed by atoms with Gasteiger partial charge in [0.15, 0.2) is 0 Å². The van der Waals surface area contributed by atoms with E-state index >= 15 is 0 Å². The molecule has 1 aliphatic carbocycles. The average Bonchev–Trinajstić information content (AvgIpc) is 2.95. The first-order chi connectivity index (χ1) is 8.29. The Hall–Kier alpha value is -0.380. The molecule has 0 bridgehead atoms. The Morgan fingerprint density at radius 1 is 1.33 bits per heavy atom. The molecule has 1 fully saturated rings. The first kappa shape index (κ1) is 14.0. The molecule has 2 N–H and O–H groups in total. The molecule has 0 saturated heterocycles. The van der Waals surface area contributed by atoms with Gasteiger partial charge in [-0.2, -0.15) is 0 Å². The maximum absolute atomic E-state index is 6.33. The minimum absolute atomic E-state index is 0.132. The zero-order chi connectivity index (χ0) is 13.4. The molecule has 3 heteroatoms. The Bertz CT molecular complexity index is 372. The highest BCUT2D eigenvalue weighted by Gasteiger charge is 2.39. The number of hydrogen-bond donors (Lipinski definition) is 1. The maximum Gasteiger partial charge on any atom is 0.0331 e. The molecule has 1 saturated carbocycles. The van der Waals surface area contributed by atoms with Crippen LogP contribution in [0.1, 0.15) is 45.4 Å². The van der Waals surface area contributed by atoms with E-state index in [1.165, 1.54) is 17.7 Å². The van der Waals surface area contributed by atoms with Gasteiger partial charge in [0, 0.05) is 29.5 Å². The summed E-state index contributed by atoms with van der Waals surface area (Å²) in [6.45, 7) is 11.0. The van der Waals surface area contributed by atoms with Crippen LogP contribution in [0.25, 0.3) is 0 Å². The van der Waals surface area contributed by atoms with E-state index in [2.05, 4.69) is 50.1 Å². The fourth-order valence-electron chi connectivity index (χ4n) is 2.07. The van der Waals surface area contributed by atoms with Gasteiger partial charge in [-0.1, -0.05) is 19.9 Å². The minimum Gasteiger partial charge on any atom is -0.325 e. The van der Waals surface area contributed by atoms with Crippen molar-refractivity contribution >= 4 is 11.3 Å². The lowest BCUT2D eigenvalue weighted by Gasteiger charge is -2.42. The Labute approximate surface area is 115 Å². The smallest absolute Gasteiger partial charge is 0.0331 e. The second kappa shape index (κ2) is 4.95. The first-order valence-electron chi connectivity index (χ1n) is 6.85. The lowest BCUT2D eigenvalue weighted by Crippen LogP contribution is -2.53. The van der Waals surface area contributed by atoms with Crippen molar-refractivity contribution in [2.45, 2.75) is 58.7 Å². The van der Waals surface area contributed by atoms with E-state index in [0.29, 0.717) is 0 Å². The summed E-state index contributed by atoms with van der Waals surface area (Å²) in [6, 6.07) is 5.16. The average molecular weight is 266 g/mol. The van der Waals surface area contributed by atoms with Gasteiger partial charge in [0.05, 0.1) is 0 Å². The van der Waals surface area contributed by atoms with Gasteiger partial charge >= 0.3 is 0 Å². The molecule has 1 aliphatic rings. The van der Waals surface area contributed by atoms with Crippen LogP contribution < -0.4 is 5.73 Å². The standard InChI is InChI=1S/C15H26N2S/c1-14(2,15(3,4)16)11-17(12-7-8-12)10-13-6-5-9-18-13/h5-6,9,12H,7-8,10-11,16H2,1-4H3. The molecule has 0 aliphatic heterocycles. The summed E-state index contributed by atoms with van der Waals surface area (Å²) in [5.74, 6) is 0. The molecule has 1 heterocycles. The van der Waals surface area contributed by atoms with Crippen molar-refractivity contribution in [3.8, 4) is 0 Å². The van der Waals surface area contributed by atoms with E-state index in [4.69, 9.17) is 5.73 Å². The highest BCUT2D eigenvalue weighted by Crippen LogP contribution is 2.35. The first-order valence-corrected chi connectivity index (χ1v) is 7.73. The van der Waals surface area contributed by atoms with E-state index in [1.54, 1.807) is 0 Å². The molecule has 0 unspecified atom stereocenters.